The number of guanidine groups is 1. The highest BCUT2D eigenvalue weighted by atomic mass is 16.5. The van der Waals surface area contributed by atoms with Crippen LogP contribution in [0.4, 0.5) is 0 Å². The van der Waals surface area contributed by atoms with Gasteiger partial charge in [-0.25, -0.2) is 0 Å². The molecule has 2 N–H and O–H groups in total. The Balaban J connectivity index is 1.78. The molecule has 1 aliphatic rings. The van der Waals surface area contributed by atoms with E-state index in [9.17, 15) is 0 Å². The van der Waals surface area contributed by atoms with E-state index in [0.717, 1.165) is 44.3 Å². The fourth-order valence-electron chi connectivity index (χ4n) is 3.46. The maximum Gasteiger partial charge on any atom is 0.191 e. The SMILES string of the molecule is CCNC(=NCC(C)CN1CCN(C)CC1)NCCc1ccc(C)c(OC)c1. The number of aliphatic imine (C=N–C) groups is 1. The van der Waals surface area contributed by atoms with Gasteiger partial charge in [-0.05, 0) is 50.4 Å². The number of benzene rings is 1. The van der Waals surface area contributed by atoms with Crippen LogP contribution in [0.1, 0.15) is 25.0 Å². The normalized spacial score (nSPS) is 17.4. The summed E-state index contributed by atoms with van der Waals surface area (Å²) in [6, 6.07) is 6.41. The minimum absolute atomic E-state index is 0.556. The smallest absolute Gasteiger partial charge is 0.191 e. The van der Waals surface area contributed by atoms with Crippen LogP contribution in [0.25, 0.3) is 0 Å². The minimum Gasteiger partial charge on any atom is -0.496 e. The number of methoxy groups -OCH3 is 1. The van der Waals surface area contributed by atoms with Crippen molar-refractivity contribution in [2.45, 2.75) is 27.2 Å². The third-order valence-corrected chi connectivity index (χ3v) is 5.25. The lowest BCUT2D eigenvalue weighted by Gasteiger charge is -2.33. The third kappa shape index (κ3) is 7.68. The molecule has 0 amide bonds. The molecule has 0 aliphatic carbocycles. The molecule has 1 fully saturated rings. The van der Waals surface area contributed by atoms with Gasteiger partial charge in [-0.3, -0.25) is 4.99 Å². The Morgan fingerprint density at radius 2 is 1.96 bits per heavy atom. The van der Waals surface area contributed by atoms with E-state index in [4.69, 9.17) is 9.73 Å². The van der Waals surface area contributed by atoms with Crippen molar-refractivity contribution in [1.82, 2.24) is 20.4 Å². The van der Waals surface area contributed by atoms with E-state index in [1.807, 2.05) is 0 Å². The van der Waals surface area contributed by atoms with Crippen LogP contribution in [0, 0.1) is 12.8 Å². The van der Waals surface area contributed by atoms with Crippen molar-refractivity contribution < 1.29 is 4.74 Å². The van der Waals surface area contributed by atoms with E-state index in [1.54, 1.807) is 7.11 Å². The van der Waals surface area contributed by atoms with Gasteiger partial charge in [0, 0.05) is 52.4 Å². The molecule has 0 aromatic heterocycles. The molecule has 6 nitrogen and oxygen atoms in total. The summed E-state index contributed by atoms with van der Waals surface area (Å²) in [5, 5.41) is 6.82. The van der Waals surface area contributed by atoms with Gasteiger partial charge in [0.15, 0.2) is 5.96 Å². The molecule has 158 valence electrons. The molecule has 1 saturated heterocycles. The van der Waals surface area contributed by atoms with Crippen LogP contribution in [0.5, 0.6) is 5.75 Å². The van der Waals surface area contributed by atoms with Crippen LogP contribution < -0.4 is 15.4 Å². The number of nitrogens with zero attached hydrogens (tertiary/aromatic N) is 3. The minimum atomic E-state index is 0.556. The van der Waals surface area contributed by atoms with Crippen LogP contribution in [0.3, 0.4) is 0 Å². The number of rotatable bonds is 9. The molecule has 0 bridgehead atoms. The summed E-state index contributed by atoms with van der Waals surface area (Å²) in [5.41, 5.74) is 2.44. The van der Waals surface area contributed by atoms with E-state index in [1.165, 1.54) is 37.3 Å². The van der Waals surface area contributed by atoms with Crippen LogP contribution in [0.2, 0.25) is 0 Å². The standard InChI is InChI=1S/C22H39N5O/c1-6-23-22(24-10-9-20-8-7-19(3)21(15-20)28-5)25-16-18(2)17-27-13-11-26(4)12-14-27/h7-8,15,18H,6,9-14,16-17H2,1-5H3,(H2,23,24,25). The topological polar surface area (TPSA) is 52.1 Å². The highest BCUT2D eigenvalue weighted by Gasteiger charge is 2.16. The summed E-state index contributed by atoms with van der Waals surface area (Å²) >= 11 is 0. The van der Waals surface area contributed by atoms with Gasteiger partial charge in [0.25, 0.3) is 0 Å². The number of hydrogen-bond donors (Lipinski definition) is 2. The van der Waals surface area contributed by atoms with E-state index < -0.39 is 0 Å². The predicted octanol–water partition coefficient (Wildman–Crippen LogP) is 1.98. The molecule has 1 atom stereocenters. The molecular formula is C22H39N5O. The van der Waals surface area contributed by atoms with Gasteiger partial charge in [-0.15, -0.1) is 0 Å². The molecule has 1 aromatic carbocycles. The molecular weight excluding hydrogens is 350 g/mol. The second kappa shape index (κ2) is 11.9. The number of likely N-dealkylation sites (N-methyl/N-ethyl adjacent to an activating group) is 1. The Labute approximate surface area is 171 Å². The fraction of sp³-hybridized carbons (Fsp3) is 0.682. The van der Waals surface area contributed by atoms with Crippen molar-refractivity contribution in [2.24, 2.45) is 10.9 Å². The van der Waals surface area contributed by atoms with Crippen molar-refractivity contribution in [3.63, 3.8) is 0 Å². The summed E-state index contributed by atoms with van der Waals surface area (Å²) in [5.74, 6) is 2.42. The lowest BCUT2D eigenvalue weighted by atomic mass is 10.1. The Kier molecular flexibility index (Phi) is 9.58. The average molecular weight is 390 g/mol. The van der Waals surface area contributed by atoms with Crippen LogP contribution in [-0.4, -0.2) is 82.3 Å². The second-order valence-corrected chi connectivity index (χ2v) is 7.91. The van der Waals surface area contributed by atoms with E-state index in [2.05, 4.69) is 66.5 Å². The van der Waals surface area contributed by atoms with Gasteiger partial charge in [-0.2, -0.15) is 0 Å². The largest absolute Gasteiger partial charge is 0.496 e. The van der Waals surface area contributed by atoms with Crippen molar-refractivity contribution >= 4 is 5.96 Å². The van der Waals surface area contributed by atoms with Crippen LogP contribution in [0.15, 0.2) is 23.2 Å². The van der Waals surface area contributed by atoms with Gasteiger partial charge in [0.05, 0.1) is 7.11 Å². The number of hydrogen-bond acceptors (Lipinski definition) is 4. The first-order valence-electron chi connectivity index (χ1n) is 10.6. The van der Waals surface area contributed by atoms with Crippen molar-refractivity contribution in [1.29, 1.82) is 0 Å². The van der Waals surface area contributed by atoms with Gasteiger partial charge >= 0.3 is 0 Å². The van der Waals surface area contributed by atoms with Crippen LogP contribution >= 0.6 is 0 Å². The zero-order valence-electron chi connectivity index (χ0n) is 18.4. The van der Waals surface area contributed by atoms with E-state index >= 15 is 0 Å². The van der Waals surface area contributed by atoms with Crippen LogP contribution in [-0.2, 0) is 6.42 Å². The molecule has 1 aromatic rings. The predicted molar refractivity (Wildman–Crippen MR) is 119 cm³/mol. The number of ether oxygens (including phenoxy) is 1. The Bertz CT molecular complexity index is 611. The Morgan fingerprint density at radius 3 is 2.64 bits per heavy atom. The third-order valence-electron chi connectivity index (χ3n) is 5.25. The summed E-state index contributed by atoms with van der Waals surface area (Å²) in [4.78, 5) is 9.77. The van der Waals surface area contributed by atoms with Crippen molar-refractivity contribution in [3.8, 4) is 5.75 Å². The quantitative estimate of drug-likeness (QED) is 0.500. The van der Waals surface area contributed by atoms with Crippen molar-refractivity contribution in [2.75, 3.05) is 66.5 Å². The maximum absolute atomic E-state index is 5.42. The zero-order chi connectivity index (χ0) is 20.4. The summed E-state index contributed by atoms with van der Waals surface area (Å²) in [6.45, 7) is 14.8. The first kappa shape index (κ1) is 22.5. The number of nitrogens with one attached hydrogen (secondary N) is 2. The molecule has 1 unspecified atom stereocenters. The second-order valence-electron chi connectivity index (χ2n) is 7.91. The van der Waals surface area contributed by atoms with Gasteiger partial charge in [0.1, 0.15) is 5.75 Å². The highest BCUT2D eigenvalue weighted by Crippen LogP contribution is 2.19. The van der Waals surface area contributed by atoms with Gasteiger partial charge < -0.3 is 25.2 Å². The lowest BCUT2D eigenvalue weighted by Crippen LogP contribution is -2.46. The molecule has 6 heteroatoms. The van der Waals surface area contributed by atoms with Crippen molar-refractivity contribution in [3.05, 3.63) is 29.3 Å². The maximum atomic E-state index is 5.42. The van der Waals surface area contributed by atoms with Gasteiger partial charge in [0.2, 0.25) is 0 Å². The zero-order valence-corrected chi connectivity index (χ0v) is 18.4. The molecule has 0 spiro atoms. The molecule has 1 aliphatic heterocycles. The van der Waals surface area contributed by atoms with E-state index in [-0.39, 0.29) is 0 Å². The molecule has 0 saturated carbocycles. The van der Waals surface area contributed by atoms with E-state index in [0.29, 0.717) is 5.92 Å². The number of aryl methyl sites for hydroxylation is 1. The molecule has 0 radical (unpaired) electrons. The Hall–Kier alpha value is -1.79. The first-order valence-corrected chi connectivity index (χ1v) is 10.6. The summed E-state index contributed by atoms with van der Waals surface area (Å²) in [6.07, 6.45) is 0.942. The monoisotopic (exact) mass is 389 g/mol. The molecule has 28 heavy (non-hydrogen) atoms. The Morgan fingerprint density at radius 1 is 1.21 bits per heavy atom. The lowest BCUT2D eigenvalue weighted by molar-refractivity contribution is 0.140. The average Bonchev–Trinajstić information content (AvgIpc) is 2.69. The highest BCUT2D eigenvalue weighted by molar-refractivity contribution is 5.79. The fourth-order valence-corrected chi connectivity index (χ4v) is 3.46. The molecule has 2 rings (SSSR count). The first-order chi connectivity index (χ1) is 13.5. The summed E-state index contributed by atoms with van der Waals surface area (Å²) < 4.78 is 5.42. The van der Waals surface area contributed by atoms with Gasteiger partial charge in [-0.1, -0.05) is 19.1 Å². The number of piperazine rings is 1. The molecule has 1 heterocycles. The summed E-state index contributed by atoms with van der Waals surface area (Å²) in [7, 11) is 3.93.